The summed E-state index contributed by atoms with van der Waals surface area (Å²) in [5.74, 6) is 1.45. The van der Waals surface area contributed by atoms with Crippen LogP contribution in [0.4, 0.5) is 0 Å². The van der Waals surface area contributed by atoms with E-state index in [1.165, 1.54) is 34.6 Å². The Morgan fingerprint density at radius 3 is 2.20 bits per heavy atom. The zero-order chi connectivity index (χ0) is 18.7. The molecule has 136 valence electrons. The van der Waals surface area contributed by atoms with Gasteiger partial charge in [-0.05, 0) is 34.5 Å². The molecule has 8 heteroatoms. The number of aryl methyl sites for hydroxylation is 1. The van der Waals surface area contributed by atoms with Gasteiger partial charge in [0.15, 0.2) is 11.5 Å². The standard InChI is InChI=1S/C17H19BrClNO5/c1-8-6-10(22-2)15(23-3)16(24-4)11(8)14(21)12-13(19)9(18)7-20-17(12)25-5/h6-7,14,21H,1-5H3. The SMILES string of the molecule is COc1cc(C)c(C(O)c2c(OC)ncc(Br)c2Cl)c(OC)c1OC. The summed E-state index contributed by atoms with van der Waals surface area (Å²) in [7, 11) is 5.98. The second-order valence-corrected chi connectivity index (χ2v) is 6.35. The lowest BCUT2D eigenvalue weighted by molar-refractivity contribution is 0.205. The van der Waals surface area contributed by atoms with E-state index in [-0.39, 0.29) is 5.88 Å². The van der Waals surface area contributed by atoms with Gasteiger partial charge < -0.3 is 24.1 Å². The molecule has 25 heavy (non-hydrogen) atoms. The fourth-order valence-corrected chi connectivity index (χ4v) is 3.20. The number of methoxy groups -OCH3 is 4. The van der Waals surface area contributed by atoms with Crippen LogP contribution in [-0.2, 0) is 0 Å². The number of benzene rings is 1. The Balaban J connectivity index is 2.77. The van der Waals surface area contributed by atoms with Crippen molar-refractivity contribution in [3.8, 4) is 23.1 Å². The maximum absolute atomic E-state index is 11.1. The molecule has 0 radical (unpaired) electrons. The summed E-state index contributed by atoms with van der Waals surface area (Å²) in [5, 5.41) is 11.4. The number of hydrogen-bond acceptors (Lipinski definition) is 6. The Bertz CT molecular complexity index is 784. The van der Waals surface area contributed by atoms with Gasteiger partial charge in [0.2, 0.25) is 11.6 Å². The first kappa shape index (κ1) is 19.6. The van der Waals surface area contributed by atoms with Crippen LogP contribution in [-0.4, -0.2) is 38.5 Å². The summed E-state index contributed by atoms with van der Waals surface area (Å²) >= 11 is 9.70. The predicted octanol–water partition coefficient (Wildman–Crippen LogP) is 3.92. The maximum atomic E-state index is 11.1. The summed E-state index contributed by atoms with van der Waals surface area (Å²) in [6.07, 6.45) is 0.359. The molecule has 0 aliphatic carbocycles. The van der Waals surface area contributed by atoms with Gasteiger partial charge in [0.05, 0.1) is 43.5 Å². The van der Waals surface area contributed by atoms with Gasteiger partial charge in [0, 0.05) is 11.8 Å². The van der Waals surface area contributed by atoms with E-state index in [1.807, 2.05) is 6.92 Å². The van der Waals surface area contributed by atoms with E-state index in [0.717, 1.165) is 5.56 Å². The van der Waals surface area contributed by atoms with Gasteiger partial charge in [-0.2, -0.15) is 0 Å². The molecule has 2 rings (SSSR count). The number of halogens is 2. The number of rotatable bonds is 6. The second kappa shape index (κ2) is 8.12. The van der Waals surface area contributed by atoms with Gasteiger partial charge in [0.1, 0.15) is 6.10 Å². The number of hydrogen-bond donors (Lipinski definition) is 1. The van der Waals surface area contributed by atoms with Gasteiger partial charge in [-0.3, -0.25) is 0 Å². The van der Waals surface area contributed by atoms with Crippen LogP contribution in [0, 0.1) is 6.92 Å². The number of ether oxygens (including phenoxy) is 4. The van der Waals surface area contributed by atoms with Crippen molar-refractivity contribution >= 4 is 27.5 Å². The Morgan fingerprint density at radius 2 is 1.68 bits per heavy atom. The smallest absolute Gasteiger partial charge is 0.220 e. The number of aromatic nitrogens is 1. The summed E-state index contributed by atoms with van der Waals surface area (Å²) in [6.45, 7) is 1.83. The lowest BCUT2D eigenvalue weighted by atomic mass is 9.96. The molecule has 1 N–H and O–H groups in total. The van der Waals surface area contributed by atoms with Crippen LogP contribution in [0.15, 0.2) is 16.7 Å². The summed E-state index contributed by atoms with van der Waals surface area (Å²) in [5.41, 5.74) is 1.55. The number of nitrogens with zero attached hydrogens (tertiary/aromatic N) is 1. The largest absolute Gasteiger partial charge is 0.493 e. The molecule has 1 unspecified atom stereocenters. The molecule has 1 aromatic heterocycles. The first-order valence-corrected chi connectivity index (χ1v) is 8.43. The quantitative estimate of drug-likeness (QED) is 0.746. The van der Waals surface area contributed by atoms with Crippen molar-refractivity contribution in [2.45, 2.75) is 13.0 Å². The fourth-order valence-electron chi connectivity index (χ4n) is 2.65. The van der Waals surface area contributed by atoms with Gasteiger partial charge in [-0.25, -0.2) is 4.98 Å². The van der Waals surface area contributed by atoms with Crippen molar-refractivity contribution in [3.63, 3.8) is 0 Å². The van der Waals surface area contributed by atoms with Crippen LogP contribution in [0.1, 0.15) is 22.8 Å². The normalized spacial score (nSPS) is 11.8. The molecule has 0 spiro atoms. The molecule has 6 nitrogen and oxygen atoms in total. The molecule has 1 heterocycles. The minimum atomic E-state index is -1.15. The monoisotopic (exact) mass is 431 g/mol. The molecule has 2 aromatic rings. The lowest BCUT2D eigenvalue weighted by Crippen LogP contribution is -2.10. The number of aliphatic hydroxyl groups excluding tert-OH is 1. The molecule has 1 atom stereocenters. The molecule has 1 aromatic carbocycles. The third-order valence-corrected chi connectivity index (χ3v) is 5.02. The Labute approximate surface area is 159 Å². The lowest BCUT2D eigenvalue weighted by Gasteiger charge is -2.23. The third-order valence-electron chi connectivity index (χ3n) is 3.79. The van der Waals surface area contributed by atoms with Gasteiger partial charge in [0.25, 0.3) is 0 Å². The second-order valence-electron chi connectivity index (χ2n) is 5.12. The maximum Gasteiger partial charge on any atom is 0.220 e. The van der Waals surface area contributed by atoms with Crippen molar-refractivity contribution in [2.24, 2.45) is 0 Å². The molecule has 0 aliphatic rings. The zero-order valence-electron chi connectivity index (χ0n) is 14.5. The molecule has 0 amide bonds. The van der Waals surface area contributed by atoms with E-state index >= 15 is 0 Å². The van der Waals surface area contributed by atoms with Gasteiger partial charge in [-0.1, -0.05) is 11.6 Å². The topological polar surface area (TPSA) is 70.0 Å². The highest BCUT2D eigenvalue weighted by molar-refractivity contribution is 9.10. The first-order valence-electron chi connectivity index (χ1n) is 7.26. The van der Waals surface area contributed by atoms with Crippen LogP contribution in [0.5, 0.6) is 23.1 Å². The third kappa shape index (κ3) is 3.49. The average molecular weight is 433 g/mol. The molecule has 0 saturated heterocycles. The summed E-state index contributed by atoms with van der Waals surface area (Å²) in [6, 6.07) is 1.76. The average Bonchev–Trinajstić information content (AvgIpc) is 2.61. The van der Waals surface area contributed by atoms with E-state index in [9.17, 15) is 5.11 Å². The van der Waals surface area contributed by atoms with Crippen molar-refractivity contribution in [1.29, 1.82) is 0 Å². The fraction of sp³-hybridized carbons (Fsp3) is 0.353. The van der Waals surface area contributed by atoms with E-state index < -0.39 is 6.10 Å². The highest BCUT2D eigenvalue weighted by Crippen LogP contribution is 2.48. The first-order chi connectivity index (χ1) is 11.9. The zero-order valence-corrected chi connectivity index (χ0v) is 16.9. The molecule has 0 bridgehead atoms. The van der Waals surface area contributed by atoms with E-state index in [4.69, 9.17) is 30.5 Å². The summed E-state index contributed by atoms with van der Waals surface area (Å²) < 4.78 is 22.0. The Hall–Kier alpha value is -1.70. The van der Waals surface area contributed by atoms with Crippen molar-refractivity contribution in [1.82, 2.24) is 4.98 Å². The minimum absolute atomic E-state index is 0.219. The number of aliphatic hydroxyl groups is 1. The molecule has 0 aliphatic heterocycles. The Kier molecular flexibility index (Phi) is 6.37. The van der Waals surface area contributed by atoms with Crippen molar-refractivity contribution in [2.75, 3.05) is 28.4 Å². The van der Waals surface area contributed by atoms with Crippen molar-refractivity contribution in [3.05, 3.63) is 38.4 Å². The van der Waals surface area contributed by atoms with Crippen LogP contribution in [0.3, 0.4) is 0 Å². The molecule has 0 fully saturated rings. The highest BCUT2D eigenvalue weighted by Gasteiger charge is 2.29. The molecular formula is C17H19BrClNO5. The number of pyridine rings is 1. The van der Waals surface area contributed by atoms with Crippen LogP contribution in [0.25, 0.3) is 0 Å². The molecular weight excluding hydrogens is 414 g/mol. The van der Waals surface area contributed by atoms with E-state index in [2.05, 4.69) is 20.9 Å². The highest BCUT2D eigenvalue weighted by atomic mass is 79.9. The summed E-state index contributed by atoms with van der Waals surface area (Å²) in [4.78, 5) is 4.16. The molecule has 0 saturated carbocycles. The van der Waals surface area contributed by atoms with E-state index in [1.54, 1.807) is 6.07 Å². The minimum Gasteiger partial charge on any atom is -0.493 e. The van der Waals surface area contributed by atoms with Crippen LogP contribution >= 0.6 is 27.5 Å². The Morgan fingerprint density at radius 1 is 1.04 bits per heavy atom. The van der Waals surface area contributed by atoms with Crippen LogP contribution in [0.2, 0.25) is 5.02 Å². The van der Waals surface area contributed by atoms with Crippen molar-refractivity contribution < 1.29 is 24.1 Å². The van der Waals surface area contributed by atoms with Gasteiger partial charge >= 0.3 is 0 Å². The van der Waals surface area contributed by atoms with Gasteiger partial charge in [-0.15, -0.1) is 0 Å². The van der Waals surface area contributed by atoms with Crippen LogP contribution < -0.4 is 18.9 Å². The predicted molar refractivity (Wildman–Crippen MR) is 98.4 cm³/mol. The van der Waals surface area contributed by atoms with E-state index in [0.29, 0.717) is 37.9 Å².